The fourth-order valence-corrected chi connectivity index (χ4v) is 2.67. The van der Waals surface area contributed by atoms with Crippen LogP contribution in [0, 0.1) is 11.1 Å². The Balaban J connectivity index is 2.53. The van der Waals surface area contributed by atoms with E-state index in [0.717, 1.165) is 0 Å². The summed E-state index contributed by atoms with van der Waals surface area (Å²) < 4.78 is 0. The Bertz CT molecular complexity index is 134. The smallest absolute Gasteiger partial charge is 0.150 e. The van der Waals surface area contributed by atoms with Crippen molar-refractivity contribution in [1.29, 1.82) is 5.26 Å². The molecule has 0 N–H and O–H groups in total. The summed E-state index contributed by atoms with van der Waals surface area (Å²) in [7, 11) is 0. The first kappa shape index (κ1) is 6.39. The molecule has 1 aliphatic carbocycles. The van der Waals surface area contributed by atoms with E-state index >= 15 is 0 Å². The third kappa shape index (κ3) is 1.16. The molecular weight excluding hydrogens is 137 g/mol. The highest BCUT2D eigenvalue weighted by molar-refractivity contribution is 8.54. The van der Waals surface area contributed by atoms with Gasteiger partial charge >= 0.3 is 0 Å². The average molecular weight is 146 g/mol. The van der Waals surface area contributed by atoms with Crippen LogP contribution in [-0.4, -0.2) is 12.3 Å². The summed E-state index contributed by atoms with van der Waals surface area (Å²) in [5, 5.41) is 8.53. The lowest BCUT2D eigenvalue weighted by Crippen LogP contribution is -1.82. The van der Waals surface area contributed by atoms with Crippen molar-refractivity contribution < 1.29 is 0 Å². The maximum atomic E-state index is 8.53. The lowest BCUT2D eigenvalue weighted by molar-refractivity contribution is 1.47. The zero-order chi connectivity index (χ0) is 6.20. The van der Waals surface area contributed by atoms with Gasteiger partial charge in [0, 0.05) is 12.2 Å². The second-order valence-corrected chi connectivity index (χ2v) is 7.83. The normalized spacial score (nSPS) is 26.1. The van der Waals surface area contributed by atoms with Crippen LogP contribution in [0.2, 0.25) is 0 Å². The first-order valence-electron chi connectivity index (χ1n) is 2.67. The quantitative estimate of drug-likeness (QED) is 0.444. The monoisotopic (exact) mass is 146 g/mol. The van der Waals surface area contributed by atoms with Crippen LogP contribution in [-0.2, 0) is 0 Å². The van der Waals surface area contributed by atoms with Gasteiger partial charge in [0.05, 0.1) is 12.3 Å². The van der Waals surface area contributed by atoms with Gasteiger partial charge in [-0.15, -0.1) is 0 Å². The number of rotatable bonds is 1. The number of thiol groups is 1. The summed E-state index contributed by atoms with van der Waals surface area (Å²) in [4.78, 5) is 0. The third-order valence-corrected chi connectivity index (χ3v) is 5.05. The van der Waals surface area contributed by atoms with Crippen LogP contribution in [0.4, 0.5) is 0 Å². The van der Waals surface area contributed by atoms with Crippen LogP contribution in [0.15, 0.2) is 0 Å². The third-order valence-electron chi connectivity index (χ3n) is 1.46. The number of nitrogens with zero attached hydrogens (tertiary/aromatic N) is 1. The van der Waals surface area contributed by atoms with E-state index in [1.54, 1.807) is 0 Å². The van der Waals surface area contributed by atoms with Crippen LogP contribution >= 0.6 is 18.7 Å². The van der Waals surface area contributed by atoms with E-state index in [0.29, 0.717) is 5.66 Å². The van der Waals surface area contributed by atoms with Crippen molar-refractivity contribution in [2.45, 2.75) is 18.5 Å². The van der Waals surface area contributed by atoms with Gasteiger partial charge in [0.15, 0.2) is 6.46 Å². The highest BCUT2D eigenvalue weighted by Gasteiger charge is 2.47. The Morgan fingerprint density at radius 3 is 2.38 bits per heavy atom. The van der Waals surface area contributed by atoms with Gasteiger partial charge in [0.2, 0.25) is 0 Å². The molecule has 1 aliphatic rings. The number of hydrogen-bond acceptors (Lipinski definition) is 2. The fourth-order valence-electron chi connectivity index (χ4n) is 0.659. The van der Waals surface area contributed by atoms with Gasteiger partial charge in [-0.2, -0.15) is 5.26 Å². The molecule has 8 heavy (non-hydrogen) atoms. The molecule has 0 saturated heterocycles. The van der Waals surface area contributed by atoms with Gasteiger partial charge in [0.25, 0.3) is 5.81 Å². The SMILES string of the molecule is C[P+](S)(C#N)C1CC1. The van der Waals surface area contributed by atoms with E-state index in [1.165, 1.54) is 12.8 Å². The molecule has 1 unspecified atom stereocenters. The van der Waals surface area contributed by atoms with Crippen molar-refractivity contribution >= 4 is 18.7 Å². The molecule has 0 aromatic heterocycles. The highest BCUT2D eigenvalue weighted by atomic mass is 32.7. The lowest BCUT2D eigenvalue weighted by atomic mass is 11.0. The average Bonchev–Trinajstić information content (AvgIpc) is 2.44. The highest BCUT2D eigenvalue weighted by Crippen LogP contribution is 2.70. The molecule has 1 atom stereocenters. The van der Waals surface area contributed by atoms with Crippen LogP contribution in [0.1, 0.15) is 12.8 Å². The second-order valence-electron chi connectivity index (χ2n) is 2.36. The van der Waals surface area contributed by atoms with Crippen LogP contribution < -0.4 is 0 Å². The summed E-state index contributed by atoms with van der Waals surface area (Å²) in [5.74, 6) is 2.28. The van der Waals surface area contributed by atoms with Gasteiger partial charge in [-0.25, -0.2) is 0 Å². The predicted octanol–water partition coefficient (Wildman–Crippen LogP) is 2.12. The molecule has 0 aromatic carbocycles. The molecule has 0 bridgehead atoms. The molecule has 1 saturated carbocycles. The maximum absolute atomic E-state index is 8.53. The van der Waals surface area contributed by atoms with Crippen molar-refractivity contribution in [3.05, 3.63) is 0 Å². The molecule has 1 fully saturated rings. The minimum Gasteiger partial charge on any atom is -0.150 e. The zero-order valence-electron chi connectivity index (χ0n) is 4.83. The van der Waals surface area contributed by atoms with E-state index in [4.69, 9.17) is 5.26 Å². The largest absolute Gasteiger partial charge is 0.250 e. The molecule has 0 spiro atoms. The van der Waals surface area contributed by atoms with E-state index in [2.05, 4.69) is 18.1 Å². The van der Waals surface area contributed by atoms with Crippen LogP contribution in [0.5, 0.6) is 0 Å². The molecule has 1 nitrogen and oxygen atoms in total. The fraction of sp³-hybridized carbons (Fsp3) is 0.800. The van der Waals surface area contributed by atoms with E-state index < -0.39 is 6.46 Å². The Hall–Kier alpha value is 0.270. The predicted molar refractivity (Wildman–Crippen MR) is 40.5 cm³/mol. The van der Waals surface area contributed by atoms with Crippen molar-refractivity contribution in [3.8, 4) is 5.81 Å². The summed E-state index contributed by atoms with van der Waals surface area (Å²) in [6.07, 6.45) is 2.47. The van der Waals surface area contributed by atoms with Gasteiger partial charge in [-0.3, -0.25) is 0 Å². The maximum Gasteiger partial charge on any atom is 0.250 e. The minimum absolute atomic E-state index is 0.677. The Kier molecular flexibility index (Phi) is 1.52. The molecule has 0 amide bonds. The molecule has 0 aliphatic heterocycles. The van der Waals surface area contributed by atoms with Gasteiger partial charge in [0.1, 0.15) is 0 Å². The molecule has 0 heterocycles. The van der Waals surface area contributed by atoms with Crippen molar-refractivity contribution in [1.82, 2.24) is 0 Å². The van der Waals surface area contributed by atoms with E-state index in [1.807, 2.05) is 6.66 Å². The van der Waals surface area contributed by atoms with E-state index in [9.17, 15) is 0 Å². The number of nitriles is 1. The molecule has 3 heteroatoms. The summed E-state index contributed by atoms with van der Waals surface area (Å²) in [6, 6.07) is 0. The molecular formula is C5H9NPS+. The molecule has 44 valence electrons. The summed E-state index contributed by atoms with van der Waals surface area (Å²) in [6.45, 7) is 0.610. The van der Waals surface area contributed by atoms with Gasteiger partial charge in [-0.1, -0.05) is 0 Å². The topological polar surface area (TPSA) is 23.8 Å². The van der Waals surface area contributed by atoms with Crippen molar-refractivity contribution in [2.24, 2.45) is 0 Å². The first-order chi connectivity index (χ1) is 3.67. The van der Waals surface area contributed by atoms with Crippen LogP contribution in [0.25, 0.3) is 0 Å². The number of hydrogen-bond donors (Lipinski definition) is 1. The Morgan fingerprint density at radius 2 is 2.25 bits per heavy atom. The van der Waals surface area contributed by atoms with E-state index in [-0.39, 0.29) is 0 Å². The zero-order valence-corrected chi connectivity index (χ0v) is 6.62. The summed E-state index contributed by atoms with van der Waals surface area (Å²) in [5.41, 5.74) is 0.677. The van der Waals surface area contributed by atoms with Crippen molar-refractivity contribution in [3.63, 3.8) is 0 Å². The van der Waals surface area contributed by atoms with Gasteiger partial charge in [-0.05, 0) is 12.8 Å². The Morgan fingerprint density at radius 1 is 1.75 bits per heavy atom. The lowest BCUT2D eigenvalue weighted by Gasteiger charge is -1.99. The minimum atomic E-state index is -1.38. The van der Waals surface area contributed by atoms with Crippen molar-refractivity contribution in [2.75, 3.05) is 6.66 Å². The second kappa shape index (κ2) is 1.90. The Labute approximate surface area is 55.6 Å². The molecule has 0 aromatic rings. The standard InChI is InChI=1S/C5H9NPS/c1-7(8,4-6)5-2-3-5/h5,8H,2-3H2,1H3/q+1. The van der Waals surface area contributed by atoms with Gasteiger partial charge < -0.3 is 0 Å². The molecule has 0 radical (unpaired) electrons. The first-order valence-corrected chi connectivity index (χ1v) is 6.13. The summed E-state index contributed by atoms with van der Waals surface area (Å²) >= 11 is 4.29. The molecule has 1 rings (SSSR count). The van der Waals surface area contributed by atoms with Crippen LogP contribution in [0.3, 0.4) is 0 Å².